The van der Waals surface area contributed by atoms with E-state index >= 15 is 0 Å². The van der Waals surface area contributed by atoms with Gasteiger partial charge >= 0.3 is 6.18 Å². The monoisotopic (exact) mass is 435 g/mol. The molecule has 30 heavy (non-hydrogen) atoms. The quantitative estimate of drug-likeness (QED) is 0.554. The zero-order chi connectivity index (χ0) is 21.9. The number of alkyl halides is 3. The summed E-state index contributed by atoms with van der Waals surface area (Å²) in [6, 6.07) is 10.1. The number of nitrogens with zero attached hydrogens (tertiary/aromatic N) is 3. The van der Waals surface area contributed by atoms with E-state index < -0.39 is 28.6 Å². The maximum absolute atomic E-state index is 13.7. The molecule has 1 unspecified atom stereocenters. The van der Waals surface area contributed by atoms with E-state index in [2.05, 4.69) is 15.3 Å². The number of halogens is 5. The number of anilines is 1. The van der Waals surface area contributed by atoms with Gasteiger partial charge in [0, 0.05) is 24.2 Å². The Morgan fingerprint density at radius 2 is 1.90 bits per heavy atom. The van der Waals surface area contributed by atoms with Gasteiger partial charge in [0.1, 0.15) is 24.0 Å². The summed E-state index contributed by atoms with van der Waals surface area (Å²) in [5.74, 6) is -0.283. The number of hydrogen-bond acceptors (Lipinski definition) is 5. The molecular weight excluding hydrogens is 422 g/mol. The largest absolute Gasteiger partial charge is 0.417 e. The molecule has 1 atom stereocenters. The maximum Gasteiger partial charge on any atom is 0.417 e. The van der Waals surface area contributed by atoms with Gasteiger partial charge < -0.3 is 11.1 Å². The molecule has 0 aliphatic rings. The standard InChI is InChI=1S/C20H14ClF4N5/c21-15-5-12(3-4-14(15)20(23,24)25)18-7-19(30-10-29-18)28-9-17(27)11-1-2-13(8-26)16(22)6-11/h1-7,10,17H,9,27H2,(H,28,29,30). The molecular formula is C20H14ClF4N5. The van der Waals surface area contributed by atoms with E-state index in [0.717, 1.165) is 6.07 Å². The van der Waals surface area contributed by atoms with Crippen LogP contribution in [0.4, 0.5) is 23.4 Å². The molecule has 154 valence electrons. The maximum atomic E-state index is 13.7. The lowest BCUT2D eigenvalue weighted by atomic mass is 10.1. The van der Waals surface area contributed by atoms with E-state index in [1.807, 2.05) is 0 Å². The lowest BCUT2D eigenvalue weighted by Crippen LogP contribution is -2.21. The van der Waals surface area contributed by atoms with Crippen LogP contribution in [-0.4, -0.2) is 16.5 Å². The van der Waals surface area contributed by atoms with Crippen LogP contribution in [0.1, 0.15) is 22.7 Å². The van der Waals surface area contributed by atoms with Gasteiger partial charge in [-0.05, 0) is 29.8 Å². The average Bonchev–Trinajstić information content (AvgIpc) is 2.71. The summed E-state index contributed by atoms with van der Waals surface area (Å²) < 4.78 is 52.3. The number of nitrogens with two attached hydrogens (primary N) is 1. The Labute approximate surface area is 174 Å². The van der Waals surface area contributed by atoms with E-state index in [9.17, 15) is 17.6 Å². The molecule has 1 aromatic heterocycles. The Hall–Kier alpha value is -3.22. The Bertz CT molecular complexity index is 1110. The first-order chi connectivity index (χ1) is 14.2. The van der Waals surface area contributed by atoms with Crippen molar-refractivity contribution in [1.29, 1.82) is 5.26 Å². The number of nitriles is 1. The van der Waals surface area contributed by atoms with Gasteiger partial charge in [-0.2, -0.15) is 18.4 Å². The van der Waals surface area contributed by atoms with Crippen LogP contribution in [0, 0.1) is 17.1 Å². The predicted octanol–water partition coefficient (Wildman–Crippen LogP) is 4.94. The van der Waals surface area contributed by atoms with Crippen LogP contribution in [0.2, 0.25) is 5.02 Å². The second-order valence-corrected chi connectivity index (χ2v) is 6.73. The zero-order valence-electron chi connectivity index (χ0n) is 15.2. The molecule has 0 radical (unpaired) electrons. The summed E-state index contributed by atoms with van der Waals surface area (Å²) in [4.78, 5) is 8.10. The fourth-order valence-corrected chi connectivity index (χ4v) is 2.99. The van der Waals surface area contributed by atoms with Gasteiger partial charge in [0.2, 0.25) is 0 Å². The first-order valence-electron chi connectivity index (χ1n) is 8.57. The Morgan fingerprint density at radius 1 is 1.13 bits per heavy atom. The fourth-order valence-electron chi connectivity index (χ4n) is 2.70. The van der Waals surface area contributed by atoms with Crippen molar-refractivity contribution in [2.24, 2.45) is 5.73 Å². The van der Waals surface area contributed by atoms with Crippen LogP contribution < -0.4 is 11.1 Å². The van der Waals surface area contributed by atoms with E-state index in [0.29, 0.717) is 22.6 Å². The minimum atomic E-state index is -4.55. The van der Waals surface area contributed by atoms with Crippen molar-refractivity contribution in [3.63, 3.8) is 0 Å². The molecule has 2 aromatic carbocycles. The third kappa shape index (κ3) is 4.84. The SMILES string of the molecule is N#Cc1ccc(C(N)CNc2cc(-c3ccc(C(F)(F)F)c(Cl)c3)ncn2)cc1F. The second kappa shape index (κ2) is 8.65. The highest BCUT2D eigenvalue weighted by atomic mass is 35.5. The van der Waals surface area contributed by atoms with E-state index in [1.165, 1.54) is 36.7 Å². The van der Waals surface area contributed by atoms with Gasteiger partial charge in [-0.3, -0.25) is 0 Å². The van der Waals surface area contributed by atoms with E-state index in [4.69, 9.17) is 22.6 Å². The normalized spacial score (nSPS) is 12.3. The van der Waals surface area contributed by atoms with Crippen molar-refractivity contribution in [2.75, 3.05) is 11.9 Å². The van der Waals surface area contributed by atoms with Crippen LogP contribution in [0.25, 0.3) is 11.3 Å². The van der Waals surface area contributed by atoms with Crippen LogP contribution in [0.15, 0.2) is 48.8 Å². The Morgan fingerprint density at radius 3 is 2.53 bits per heavy atom. The van der Waals surface area contributed by atoms with Crippen LogP contribution in [-0.2, 0) is 6.18 Å². The topological polar surface area (TPSA) is 87.6 Å². The Balaban J connectivity index is 1.74. The number of benzene rings is 2. The molecule has 0 amide bonds. The zero-order valence-corrected chi connectivity index (χ0v) is 16.0. The van der Waals surface area contributed by atoms with Crippen LogP contribution in [0.5, 0.6) is 0 Å². The van der Waals surface area contributed by atoms with E-state index in [-0.39, 0.29) is 12.1 Å². The predicted molar refractivity (Wildman–Crippen MR) is 104 cm³/mol. The highest BCUT2D eigenvalue weighted by molar-refractivity contribution is 6.31. The third-order valence-corrected chi connectivity index (χ3v) is 4.59. The van der Waals surface area contributed by atoms with Crippen molar-refractivity contribution < 1.29 is 17.6 Å². The number of aromatic nitrogens is 2. The average molecular weight is 436 g/mol. The van der Waals surface area contributed by atoms with Gasteiger partial charge in [-0.25, -0.2) is 14.4 Å². The summed E-state index contributed by atoms with van der Waals surface area (Å²) in [5.41, 5.74) is 6.28. The van der Waals surface area contributed by atoms with Crippen molar-refractivity contribution in [3.05, 3.63) is 76.3 Å². The molecule has 1 heterocycles. The molecule has 0 saturated carbocycles. The molecule has 0 fully saturated rings. The van der Waals surface area contributed by atoms with E-state index in [1.54, 1.807) is 12.1 Å². The smallest absolute Gasteiger partial charge is 0.368 e. The third-order valence-electron chi connectivity index (χ3n) is 4.28. The first kappa shape index (κ1) is 21.5. The minimum absolute atomic E-state index is 0.0745. The van der Waals surface area contributed by atoms with Crippen LogP contribution in [0.3, 0.4) is 0 Å². The summed E-state index contributed by atoms with van der Waals surface area (Å²) in [7, 11) is 0. The van der Waals surface area contributed by atoms with Crippen molar-refractivity contribution in [1.82, 2.24) is 9.97 Å². The van der Waals surface area contributed by atoms with Crippen molar-refractivity contribution >= 4 is 17.4 Å². The molecule has 0 aliphatic heterocycles. The Kier molecular flexibility index (Phi) is 6.20. The number of rotatable bonds is 5. The van der Waals surface area contributed by atoms with Gasteiger partial charge in [-0.15, -0.1) is 0 Å². The fraction of sp³-hybridized carbons (Fsp3) is 0.150. The van der Waals surface area contributed by atoms with Gasteiger partial charge in [0.25, 0.3) is 0 Å². The highest BCUT2D eigenvalue weighted by Crippen LogP contribution is 2.36. The van der Waals surface area contributed by atoms with Crippen LogP contribution >= 0.6 is 11.6 Å². The molecule has 0 aliphatic carbocycles. The molecule has 0 spiro atoms. The van der Waals surface area contributed by atoms with Gasteiger partial charge in [-0.1, -0.05) is 23.7 Å². The summed E-state index contributed by atoms with van der Waals surface area (Å²) in [6.45, 7) is 0.190. The summed E-state index contributed by atoms with van der Waals surface area (Å²) in [6.07, 6.45) is -3.30. The molecule has 5 nitrogen and oxygen atoms in total. The minimum Gasteiger partial charge on any atom is -0.368 e. The molecule has 0 saturated heterocycles. The number of nitrogens with one attached hydrogen (secondary N) is 1. The molecule has 3 N–H and O–H groups in total. The number of hydrogen-bond donors (Lipinski definition) is 2. The highest BCUT2D eigenvalue weighted by Gasteiger charge is 2.33. The molecule has 3 aromatic rings. The first-order valence-corrected chi connectivity index (χ1v) is 8.95. The molecule has 3 rings (SSSR count). The lowest BCUT2D eigenvalue weighted by Gasteiger charge is -2.14. The summed E-state index contributed by atoms with van der Waals surface area (Å²) >= 11 is 5.76. The molecule has 10 heteroatoms. The van der Waals surface area contributed by atoms with Crippen molar-refractivity contribution in [2.45, 2.75) is 12.2 Å². The van der Waals surface area contributed by atoms with Crippen molar-refractivity contribution in [3.8, 4) is 17.3 Å². The van der Waals surface area contributed by atoms with Gasteiger partial charge in [0.15, 0.2) is 0 Å². The molecule has 0 bridgehead atoms. The van der Waals surface area contributed by atoms with Gasteiger partial charge in [0.05, 0.1) is 21.8 Å². The second-order valence-electron chi connectivity index (χ2n) is 6.32. The lowest BCUT2D eigenvalue weighted by molar-refractivity contribution is -0.137. The summed E-state index contributed by atoms with van der Waals surface area (Å²) in [5, 5.41) is 11.3.